The highest BCUT2D eigenvalue weighted by Gasteiger charge is 2.07. The molecule has 0 amide bonds. The number of nitrogens with one attached hydrogen (secondary N) is 1. The van der Waals surface area contributed by atoms with Gasteiger partial charge in [-0.05, 0) is 43.4 Å². The van der Waals surface area contributed by atoms with E-state index in [4.69, 9.17) is 0 Å². The lowest BCUT2D eigenvalue weighted by Gasteiger charge is -2.19. The Kier molecular flexibility index (Phi) is 7.04. The molecule has 1 atom stereocenters. The van der Waals surface area contributed by atoms with Gasteiger partial charge in [0.2, 0.25) is 0 Å². The Hall–Kier alpha value is -0.820. The summed E-state index contributed by atoms with van der Waals surface area (Å²) in [5, 5.41) is 3.74. The van der Waals surface area contributed by atoms with E-state index in [9.17, 15) is 0 Å². The molecule has 0 bridgehead atoms. The number of rotatable bonds is 8. The van der Waals surface area contributed by atoms with Crippen LogP contribution in [-0.4, -0.2) is 6.04 Å². The Morgan fingerprint density at radius 2 is 1.83 bits per heavy atom. The Morgan fingerprint density at radius 1 is 1.06 bits per heavy atom. The fourth-order valence-electron chi connectivity index (χ4n) is 2.41. The summed E-state index contributed by atoms with van der Waals surface area (Å²) in [7, 11) is 0. The van der Waals surface area contributed by atoms with Crippen LogP contribution >= 0.6 is 0 Å². The molecule has 18 heavy (non-hydrogen) atoms. The Balaban J connectivity index is 2.52. The molecule has 0 aliphatic carbocycles. The van der Waals surface area contributed by atoms with Crippen molar-refractivity contribution < 1.29 is 0 Å². The van der Waals surface area contributed by atoms with E-state index in [0.717, 1.165) is 6.54 Å². The maximum Gasteiger partial charge on any atom is 0.0210 e. The first-order valence-corrected chi connectivity index (χ1v) is 7.47. The molecule has 1 heteroatoms. The first-order valence-electron chi connectivity index (χ1n) is 7.47. The van der Waals surface area contributed by atoms with E-state index in [2.05, 4.69) is 51.2 Å². The zero-order chi connectivity index (χ0) is 13.4. The molecule has 0 saturated carbocycles. The van der Waals surface area contributed by atoms with Gasteiger partial charge in [0.05, 0.1) is 0 Å². The van der Waals surface area contributed by atoms with E-state index in [1.807, 2.05) is 0 Å². The van der Waals surface area contributed by atoms with Crippen molar-refractivity contribution in [3.8, 4) is 0 Å². The molecule has 0 aliphatic rings. The van der Waals surface area contributed by atoms with Gasteiger partial charge < -0.3 is 5.32 Å². The van der Waals surface area contributed by atoms with Gasteiger partial charge in [-0.15, -0.1) is 0 Å². The van der Waals surface area contributed by atoms with Gasteiger partial charge in [-0.25, -0.2) is 0 Å². The largest absolute Gasteiger partial charge is 0.310 e. The van der Waals surface area contributed by atoms with E-state index < -0.39 is 0 Å². The molecule has 1 N–H and O–H groups in total. The van der Waals surface area contributed by atoms with Crippen LogP contribution in [0.4, 0.5) is 0 Å². The highest BCUT2D eigenvalue weighted by atomic mass is 14.9. The summed E-state index contributed by atoms with van der Waals surface area (Å²) in [5.41, 5.74) is 4.29. The van der Waals surface area contributed by atoms with Crippen LogP contribution in [0.2, 0.25) is 0 Å². The predicted molar refractivity (Wildman–Crippen MR) is 81.0 cm³/mol. The lowest BCUT2D eigenvalue weighted by Crippen LogP contribution is -2.28. The van der Waals surface area contributed by atoms with Gasteiger partial charge in [-0.2, -0.15) is 0 Å². The molecule has 0 radical (unpaired) electrons. The molecule has 1 aromatic rings. The van der Waals surface area contributed by atoms with E-state index in [-0.39, 0.29) is 0 Å². The number of hydrogen-bond donors (Lipinski definition) is 1. The third-order valence-corrected chi connectivity index (χ3v) is 3.84. The molecular formula is C17H29N. The standard InChI is InChI=1S/C17H29N/c1-5-7-12-17(9-6-2)18-13-16-11-8-10-14(3)15(16)4/h8,10-11,17-18H,5-7,9,12-13H2,1-4H3. The van der Waals surface area contributed by atoms with Crippen molar-refractivity contribution in [2.24, 2.45) is 0 Å². The van der Waals surface area contributed by atoms with Crippen molar-refractivity contribution in [1.29, 1.82) is 0 Å². The highest BCUT2D eigenvalue weighted by Crippen LogP contribution is 2.14. The van der Waals surface area contributed by atoms with Crippen molar-refractivity contribution in [1.82, 2.24) is 5.32 Å². The van der Waals surface area contributed by atoms with E-state index in [0.29, 0.717) is 6.04 Å². The van der Waals surface area contributed by atoms with Crippen molar-refractivity contribution >= 4 is 0 Å². The zero-order valence-corrected chi connectivity index (χ0v) is 12.6. The topological polar surface area (TPSA) is 12.0 Å². The maximum absolute atomic E-state index is 3.74. The summed E-state index contributed by atoms with van der Waals surface area (Å²) < 4.78 is 0. The van der Waals surface area contributed by atoms with Gasteiger partial charge in [0.25, 0.3) is 0 Å². The van der Waals surface area contributed by atoms with Crippen LogP contribution in [0.15, 0.2) is 18.2 Å². The molecule has 1 unspecified atom stereocenters. The maximum atomic E-state index is 3.74. The van der Waals surface area contributed by atoms with E-state index in [1.54, 1.807) is 0 Å². The Labute approximate surface area is 113 Å². The van der Waals surface area contributed by atoms with Crippen LogP contribution in [0.3, 0.4) is 0 Å². The molecule has 0 heterocycles. The summed E-state index contributed by atoms with van der Waals surface area (Å²) in [5.74, 6) is 0. The van der Waals surface area contributed by atoms with Gasteiger partial charge in [0.15, 0.2) is 0 Å². The second-order valence-electron chi connectivity index (χ2n) is 5.37. The minimum Gasteiger partial charge on any atom is -0.310 e. The van der Waals surface area contributed by atoms with E-state index in [1.165, 1.54) is 48.8 Å². The minimum atomic E-state index is 0.690. The van der Waals surface area contributed by atoms with Gasteiger partial charge >= 0.3 is 0 Å². The molecule has 0 saturated heterocycles. The zero-order valence-electron chi connectivity index (χ0n) is 12.6. The number of aryl methyl sites for hydroxylation is 1. The summed E-state index contributed by atoms with van der Waals surface area (Å²) in [6.07, 6.45) is 6.52. The molecule has 0 aromatic heterocycles. The second-order valence-corrected chi connectivity index (χ2v) is 5.37. The first kappa shape index (κ1) is 15.2. The summed E-state index contributed by atoms with van der Waals surface area (Å²) >= 11 is 0. The van der Waals surface area contributed by atoms with Crippen LogP contribution in [0, 0.1) is 13.8 Å². The van der Waals surface area contributed by atoms with Gasteiger partial charge in [-0.1, -0.05) is 51.3 Å². The summed E-state index contributed by atoms with van der Waals surface area (Å²) in [4.78, 5) is 0. The van der Waals surface area contributed by atoms with Crippen LogP contribution in [0.1, 0.15) is 62.6 Å². The fourth-order valence-corrected chi connectivity index (χ4v) is 2.41. The molecule has 102 valence electrons. The highest BCUT2D eigenvalue weighted by molar-refractivity contribution is 5.32. The van der Waals surface area contributed by atoms with Crippen LogP contribution < -0.4 is 5.32 Å². The lowest BCUT2D eigenvalue weighted by molar-refractivity contribution is 0.433. The van der Waals surface area contributed by atoms with Crippen molar-refractivity contribution in [2.45, 2.75) is 72.4 Å². The Bertz CT molecular complexity index is 343. The fraction of sp³-hybridized carbons (Fsp3) is 0.647. The predicted octanol–water partition coefficient (Wildman–Crippen LogP) is 4.75. The molecule has 0 aliphatic heterocycles. The molecule has 0 spiro atoms. The monoisotopic (exact) mass is 247 g/mol. The van der Waals surface area contributed by atoms with Crippen LogP contribution in [0.25, 0.3) is 0 Å². The number of benzene rings is 1. The normalized spacial score (nSPS) is 12.7. The van der Waals surface area contributed by atoms with Crippen molar-refractivity contribution in [3.63, 3.8) is 0 Å². The lowest BCUT2D eigenvalue weighted by atomic mass is 10.0. The average molecular weight is 247 g/mol. The van der Waals surface area contributed by atoms with Crippen LogP contribution in [0.5, 0.6) is 0 Å². The average Bonchev–Trinajstić information content (AvgIpc) is 2.37. The summed E-state index contributed by atoms with van der Waals surface area (Å²) in [6.45, 7) is 9.99. The van der Waals surface area contributed by atoms with Crippen LogP contribution in [-0.2, 0) is 6.54 Å². The second kappa shape index (κ2) is 8.31. The third-order valence-electron chi connectivity index (χ3n) is 3.84. The minimum absolute atomic E-state index is 0.690. The number of hydrogen-bond acceptors (Lipinski definition) is 1. The molecule has 1 nitrogen and oxygen atoms in total. The van der Waals surface area contributed by atoms with Gasteiger partial charge in [-0.3, -0.25) is 0 Å². The van der Waals surface area contributed by atoms with Gasteiger partial charge in [0.1, 0.15) is 0 Å². The first-order chi connectivity index (χ1) is 8.69. The molecule has 0 fully saturated rings. The van der Waals surface area contributed by atoms with E-state index >= 15 is 0 Å². The Morgan fingerprint density at radius 3 is 2.50 bits per heavy atom. The molecule has 1 aromatic carbocycles. The smallest absolute Gasteiger partial charge is 0.0210 e. The molecular weight excluding hydrogens is 218 g/mol. The molecule has 1 rings (SSSR count). The number of unbranched alkanes of at least 4 members (excludes halogenated alkanes) is 1. The summed E-state index contributed by atoms with van der Waals surface area (Å²) in [6, 6.07) is 7.30. The SMILES string of the molecule is CCCCC(CCC)NCc1cccc(C)c1C. The quantitative estimate of drug-likeness (QED) is 0.699. The third kappa shape index (κ3) is 4.81. The van der Waals surface area contributed by atoms with Crippen molar-refractivity contribution in [2.75, 3.05) is 0 Å². The van der Waals surface area contributed by atoms with Crippen molar-refractivity contribution in [3.05, 3.63) is 34.9 Å². The van der Waals surface area contributed by atoms with Gasteiger partial charge in [0, 0.05) is 12.6 Å².